The van der Waals surface area contributed by atoms with Gasteiger partial charge in [0, 0.05) is 19.3 Å². The molecule has 0 saturated carbocycles. The molecule has 0 bridgehead atoms. The second kappa shape index (κ2) is 4.44. The van der Waals surface area contributed by atoms with Crippen LogP contribution < -0.4 is 4.90 Å². The molecule has 0 radical (unpaired) electrons. The van der Waals surface area contributed by atoms with E-state index in [0.29, 0.717) is 0 Å². The molecule has 0 aromatic carbocycles. The van der Waals surface area contributed by atoms with E-state index in [-0.39, 0.29) is 5.41 Å². The molecule has 0 unspecified atom stereocenters. The van der Waals surface area contributed by atoms with Crippen LogP contribution in [0.2, 0.25) is 0 Å². The van der Waals surface area contributed by atoms with Crippen molar-refractivity contribution >= 4 is 5.69 Å². The predicted octanol–water partition coefficient (Wildman–Crippen LogP) is 3.37. The number of anilines is 1. The van der Waals surface area contributed by atoms with Gasteiger partial charge in [0.2, 0.25) is 0 Å². The SMILES string of the molecule is CC(C)(C)c1cncc(N2CCCCC2)c1. The number of nitrogens with zero attached hydrogens (tertiary/aromatic N) is 2. The van der Waals surface area contributed by atoms with Gasteiger partial charge in [-0.05, 0) is 36.3 Å². The van der Waals surface area contributed by atoms with E-state index < -0.39 is 0 Å². The summed E-state index contributed by atoms with van der Waals surface area (Å²) in [5.74, 6) is 0. The number of aromatic nitrogens is 1. The van der Waals surface area contributed by atoms with E-state index in [4.69, 9.17) is 0 Å². The van der Waals surface area contributed by atoms with Gasteiger partial charge in [-0.1, -0.05) is 20.8 Å². The lowest BCUT2D eigenvalue weighted by molar-refractivity contribution is 0.570. The van der Waals surface area contributed by atoms with Crippen LogP contribution in [0.15, 0.2) is 18.5 Å². The predicted molar refractivity (Wildman–Crippen MR) is 69.0 cm³/mol. The highest BCUT2D eigenvalue weighted by Gasteiger charge is 2.17. The topological polar surface area (TPSA) is 16.1 Å². The summed E-state index contributed by atoms with van der Waals surface area (Å²) in [7, 11) is 0. The molecule has 0 N–H and O–H groups in total. The molecule has 2 heteroatoms. The van der Waals surface area contributed by atoms with Crippen molar-refractivity contribution in [3.05, 3.63) is 24.0 Å². The van der Waals surface area contributed by atoms with Crippen LogP contribution in [0, 0.1) is 0 Å². The number of hydrogen-bond donors (Lipinski definition) is 0. The molecule has 1 aliphatic heterocycles. The molecule has 2 rings (SSSR count). The first-order valence-electron chi connectivity index (χ1n) is 6.28. The highest BCUT2D eigenvalue weighted by molar-refractivity contribution is 5.47. The van der Waals surface area contributed by atoms with Crippen molar-refractivity contribution in [2.75, 3.05) is 18.0 Å². The maximum atomic E-state index is 4.38. The van der Waals surface area contributed by atoms with Crippen molar-refractivity contribution in [2.24, 2.45) is 0 Å². The van der Waals surface area contributed by atoms with E-state index in [2.05, 4.69) is 36.7 Å². The largest absolute Gasteiger partial charge is 0.370 e. The van der Waals surface area contributed by atoms with Crippen molar-refractivity contribution < 1.29 is 0 Å². The summed E-state index contributed by atoms with van der Waals surface area (Å²) in [5, 5.41) is 0. The van der Waals surface area contributed by atoms with Gasteiger partial charge in [0.25, 0.3) is 0 Å². The lowest BCUT2D eigenvalue weighted by Gasteiger charge is -2.29. The summed E-state index contributed by atoms with van der Waals surface area (Å²) in [6, 6.07) is 2.30. The first-order valence-corrected chi connectivity index (χ1v) is 6.28. The van der Waals surface area contributed by atoms with Crippen LogP contribution in [0.5, 0.6) is 0 Å². The van der Waals surface area contributed by atoms with E-state index in [1.54, 1.807) is 0 Å². The molecule has 0 aliphatic carbocycles. The highest BCUT2D eigenvalue weighted by Crippen LogP contribution is 2.26. The second-order valence-electron chi connectivity index (χ2n) is 5.73. The van der Waals surface area contributed by atoms with Crippen LogP contribution in [0.25, 0.3) is 0 Å². The van der Waals surface area contributed by atoms with Gasteiger partial charge < -0.3 is 4.90 Å². The fourth-order valence-corrected chi connectivity index (χ4v) is 2.16. The Hall–Kier alpha value is -1.05. The maximum absolute atomic E-state index is 4.38. The summed E-state index contributed by atoms with van der Waals surface area (Å²) >= 11 is 0. The zero-order chi connectivity index (χ0) is 11.6. The van der Waals surface area contributed by atoms with Crippen molar-refractivity contribution in [3.8, 4) is 0 Å². The van der Waals surface area contributed by atoms with E-state index in [0.717, 1.165) is 0 Å². The molecule has 0 spiro atoms. The van der Waals surface area contributed by atoms with Crippen molar-refractivity contribution in [3.63, 3.8) is 0 Å². The molecule has 1 aliphatic rings. The summed E-state index contributed by atoms with van der Waals surface area (Å²) < 4.78 is 0. The number of hydrogen-bond acceptors (Lipinski definition) is 2. The van der Waals surface area contributed by atoms with Crippen LogP contribution in [-0.4, -0.2) is 18.1 Å². The Kier molecular flexibility index (Phi) is 3.17. The second-order valence-corrected chi connectivity index (χ2v) is 5.73. The standard InChI is InChI=1S/C14H22N2/c1-14(2,3)12-9-13(11-15-10-12)16-7-5-4-6-8-16/h9-11H,4-8H2,1-3H3. The number of rotatable bonds is 1. The van der Waals surface area contributed by atoms with Crippen molar-refractivity contribution in [2.45, 2.75) is 45.4 Å². The van der Waals surface area contributed by atoms with Crippen LogP contribution in [0.1, 0.15) is 45.6 Å². The Bertz CT molecular complexity index is 346. The van der Waals surface area contributed by atoms with Crippen LogP contribution in [-0.2, 0) is 5.41 Å². The molecule has 1 aromatic rings. The zero-order valence-electron chi connectivity index (χ0n) is 10.7. The van der Waals surface area contributed by atoms with Gasteiger partial charge in [-0.3, -0.25) is 4.98 Å². The van der Waals surface area contributed by atoms with Crippen molar-refractivity contribution in [1.82, 2.24) is 4.98 Å². The monoisotopic (exact) mass is 218 g/mol. The molecule has 1 saturated heterocycles. The normalized spacial score (nSPS) is 17.6. The Morgan fingerprint density at radius 2 is 1.75 bits per heavy atom. The minimum absolute atomic E-state index is 0.193. The van der Waals surface area contributed by atoms with Gasteiger partial charge in [-0.2, -0.15) is 0 Å². The highest BCUT2D eigenvalue weighted by atomic mass is 15.1. The first-order chi connectivity index (χ1) is 7.57. The Morgan fingerprint density at radius 3 is 2.38 bits per heavy atom. The molecule has 2 heterocycles. The van der Waals surface area contributed by atoms with Crippen LogP contribution in [0.4, 0.5) is 5.69 Å². The first kappa shape index (κ1) is 11.4. The van der Waals surface area contributed by atoms with Gasteiger partial charge >= 0.3 is 0 Å². The van der Waals surface area contributed by atoms with Crippen LogP contribution >= 0.6 is 0 Å². The van der Waals surface area contributed by atoms with E-state index in [1.165, 1.54) is 43.6 Å². The fraction of sp³-hybridized carbons (Fsp3) is 0.643. The quantitative estimate of drug-likeness (QED) is 0.718. The summed E-state index contributed by atoms with van der Waals surface area (Å²) in [4.78, 5) is 6.85. The zero-order valence-corrected chi connectivity index (χ0v) is 10.7. The number of pyridine rings is 1. The van der Waals surface area contributed by atoms with Crippen LogP contribution in [0.3, 0.4) is 0 Å². The minimum atomic E-state index is 0.193. The third-order valence-electron chi connectivity index (χ3n) is 3.31. The third kappa shape index (κ3) is 2.55. The van der Waals surface area contributed by atoms with E-state index in [9.17, 15) is 0 Å². The van der Waals surface area contributed by atoms with Gasteiger partial charge in [0.1, 0.15) is 0 Å². The average Bonchev–Trinajstić information content (AvgIpc) is 2.29. The molecule has 1 fully saturated rings. The molecule has 0 atom stereocenters. The van der Waals surface area contributed by atoms with Crippen molar-refractivity contribution in [1.29, 1.82) is 0 Å². The summed E-state index contributed by atoms with van der Waals surface area (Å²) in [6.45, 7) is 9.10. The molecule has 2 nitrogen and oxygen atoms in total. The summed E-state index contributed by atoms with van der Waals surface area (Å²) in [6.07, 6.45) is 8.01. The summed E-state index contributed by atoms with van der Waals surface area (Å²) in [5.41, 5.74) is 2.82. The molecule has 1 aromatic heterocycles. The average molecular weight is 218 g/mol. The van der Waals surface area contributed by atoms with Gasteiger partial charge in [-0.25, -0.2) is 0 Å². The maximum Gasteiger partial charge on any atom is 0.0555 e. The molecule has 16 heavy (non-hydrogen) atoms. The lowest BCUT2D eigenvalue weighted by atomic mass is 9.88. The Balaban J connectivity index is 2.21. The minimum Gasteiger partial charge on any atom is -0.370 e. The van der Waals surface area contributed by atoms with Gasteiger partial charge in [0.15, 0.2) is 0 Å². The molecule has 88 valence electrons. The fourth-order valence-electron chi connectivity index (χ4n) is 2.16. The van der Waals surface area contributed by atoms with E-state index in [1.807, 2.05) is 12.4 Å². The molecule has 0 amide bonds. The van der Waals surface area contributed by atoms with Gasteiger partial charge in [0.05, 0.1) is 11.9 Å². The molecular formula is C14H22N2. The Morgan fingerprint density at radius 1 is 1.06 bits per heavy atom. The van der Waals surface area contributed by atoms with Gasteiger partial charge in [-0.15, -0.1) is 0 Å². The molecular weight excluding hydrogens is 196 g/mol. The lowest BCUT2D eigenvalue weighted by Crippen LogP contribution is -2.29. The third-order valence-corrected chi connectivity index (χ3v) is 3.31. The smallest absolute Gasteiger partial charge is 0.0555 e. The Labute approximate surface area is 98.7 Å². The number of piperidine rings is 1. The van der Waals surface area contributed by atoms with E-state index >= 15 is 0 Å².